The van der Waals surface area contributed by atoms with Crippen LogP contribution in [-0.2, 0) is 23.2 Å². The van der Waals surface area contributed by atoms with E-state index in [0.29, 0.717) is 5.69 Å². The van der Waals surface area contributed by atoms with Crippen LogP contribution in [0.4, 0.5) is 0 Å². The van der Waals surface area contributed by atoms with Crippen LogP contribution in [0.25, 0.3) is 0 Å². The topological polar surface area (TPSA) is 55.2 Å². The molecule has 72 valence electrons. The summed E-state index contributed by atoms with van der Waals surface area (Å²) in [5.74, 6) is -0.554. The Bertz CT molecular complexity index is 401. The van der Waals surface area contributed by atoms with Gasteiger partial charge in [-0.05, 0) is 6.07 Å². The van der Waals surface area contributed by atoms with Crippen LogP contribution in [0.15, 0.2) is 24.4 Å². The molecule has 1 aliphatic rings. The van der Waals surface area contributed by atoms with E-state index in [0.717, 1.165) is 4.90 Å². The molecule has 1 aromatic rings. The van der Waals surface area contributed by atoms with Crippen molar-refractivity contribution in [3.05, 3.63) is 30.1 Å². The molecule has 0 unspecified atom stereocenters. The molecular weight excluding hydrogens is 182 g/mol. The third-order valence-electron chi connectivity index (χ3n) is 1.99. The zero-order valence-corrected chi connectivity index (χ0v) is 7.67. The summed E-state index contributed by atoms with van der Waals surface area (Å²) in [4.78, 5) is 23.5. The number of carbonyl (C=O) groups excluding carboxylic acids is 2. The summed E-state index contributed by atoms with van der Waals surface area (Å²) in [6.45, 7) is 0.242. The first kappa shape index (κ1) is 8.68. The van der Waals surface area contributed by atoms with Gasteiger partial charge in [0, 0.05) is 25.4 Å². The fourth-order valence-corrected chi connectivity index (χ4v) is 1.30. The summed E-state index contributed by atoms with van der Waals surface area (Å²) in [5.41, 5.74) is 0.706. The summed E-state index contributed by atoms with van der Waals surface area (Å²) in [5, 5.41) is 4.09. The van der Waals surface area contributed by atoms with Crippen LogP contribution < -0.4 is 0 Å². The van der Waals surface area contributed by atoms with Crippen molar-refractivity contribution < 1.29 is 9.59 Å². The Morgan fingerprint density at radius 1 is 1.29 bits per heavy atom. The standard InChI is InChI=1S/C9H9N3O2/c1-11-5-4-7(10-11)6-12-8(13)2-3-9(12)14/h2-5H,6H2,1H3. The minimum Gasteiger partial charge on any atom is -0.275 e. The highest BCUT2D eigenvalue weighted by molar-refractivity contribution is 6.12. The Balaban J connectivity index is 2.12. The van der Waals surface area contributed by atoms with Gasteiger partial charge < -0.3 is 0 Å². The third kappa shape index (κ3) is 1.44. The van der Waals surface area contributed by atoms with E-state index in [9.17, 15) is 9.59 Å². The predicted octanol–water partition coefficient (Wildman–Crippen LogP) is -0.155. The van der Waals surface area contributed by atoms with Gasteiger partial charge in [0.15, 0.2) is 0 Å². The molecule has 5 nitrogen and oxygen atoms in total. The van der Waals surface area contributed by atoms with Crippen molar-refractivity contribution in [1.29, 1.82) is 0 Å². The van der Waals surface area contributed by atoms with Gasteiger partial charge in [0.2, 0.25) is 0 Å². The maximum atomic E-state index is 11.2. The lowest BCUT2D eigenvalue weighted by Gasteiger charge is -2.10. The van der Waals surface area contributed by atoms with E-state index in [1.165, 1.54) is 12.2 Å². The van der Waals surface area contributed by atoms with Crippen LogP contribution in [0, 0.1) is 0 Å². The first-order chi connectivity index (χ1) is 6.66. The van der Waals surface area contributed by atoms with Crippen molar-refractivity contribution in [1.82, 2.24) is 14.7 Å². The van der Waals surface area contributed by atoms with E-state index in [2.05, 4.69) is 5.10 Å². The van der Waals surface area contributed by atoms with Gasteiger partial charge in [-0.1, -0.05) is 0 Å². The lowest BCUT2D eigenvalue weighted by molar-refractivity contribution is -0.137. The summed E-state index contributed by atoms with van der Waals surface area (Å²) < 4.78 is 1.63. The zero-order chi connectivity index (χ0) is 10.1. The van der Waals surface area contributed by atoms with Gasteiger partial charge >= 0.3 is 0 Å². The molecule has 0 N–H and O–H groups in total. The molecule has 0 saturated heterocycles. The minimum absolute atomic E-state index is 0.242. The number of hydrogen-bond acceptors (Lipinski definition) is 3. The largest absolute Gasteiger partial charge is 0.275 e. The lowest BCUT2D eigenvalue weighted by Crippen LogP contribution is -2.29. The van der Waals surface area contributed by atoms with Crippen LogP contribution >= 0.6 is 0 Å². The Hall–Kier alpha value is -1.91. The van der Waals surface area contributed by atoms with Crippen molar-refractivity contribution in [2.75, 3.05) is 0 Å². The van der Waals surface area contributed by atoms with E-state index in [-0.39, 0.29) is 18.4 Å². The van der Waals surface area contributed by atoms with Crippen molar-refractivity contribution in [2.45, 2.75) is 6.54 Å². The van der Waals surface area contributed by atoms with Crippen LogP contribution in [-0.4, -0.2) is 26.5 Å². The molecule has 0 saturated carbocycles. The monoisotopic (exact) mass is 191 g/mol. The summed E-state index contributed by atoms with van der Waals surface area (Å²) in [6.07, 6.45) is 4.31. The van der Waals surface area contributed by atoms with Crippen LogP contribution in [0.3, 0.4) is 0 Å². The molecule has 1 aromatic heterocycles. The van der Waals surface area contributed by atoms with Gasteiger partial charge in [-0.2, -0.15) is 5.10 Å². The zero-order valence-electron chi connectivity index (χ0n) is 7.67. The fraction of sp³-hybridized carbons (Fsp3) is 0.222. The van der Waals surface area contributed by atoms with E-state index in [1.54, 1.807) is 24.0 Å². The number of aryl methyl sites for hydroxylation is 1. The first-order valence-electron chi connectivity index (χ1n) is 4.19. The Kier molecular flexibility index (Phi) is 1.92. The Morgan fingerprint density at radius 2 is 1.93 bits per heavy atom. The van der Waals surface area contributed by atoms with Crippen LogP contribution in [0.1, 0.15) is 5.69 Å². The number of carbonyl (C=O) groups is 2. The van der Waals surface area contributed by atoms with Crippen molar-refractivity contribution in [3.8, 4) is 0 Å². The fourth-order valence-electron chi connectivity index (χ4n) is 1.30. The number of rotatable bonds is 2. The molecule has 0 radical (unpaired) electrons. The van der Waals surface area contributed by atoms with Gasteiger partial charge in [-0.15, -0.1) is 0 Å². The summed E-state index contributed by atoms with van der Waals surface area (Å²) in [7, 11) is 1.79. The van der Waals surface area contributed by atoms with Crippen LogP contribution in [0.5, 0.6) is 0 Å². The second-order valence-corrected chi connectivity index (χ2v) is 3.08. The molecular formula is C9H9N3O2. The predicted molar refractivity (Wildman–Crippen MR) is 47.9 cm³/mol. The summed E-state index contributed by atoms with van der Waals surface area (Å²) in [6, 6.07) is 1.78. The molecule has 5 heteroatoms. The molecule has 14 heavy (non-hydrogen) atoms. The van der Waals surface area contributed by atoms with Crippen molar-refractivity contribution >= 4 is 11.8 Å². The van der Waals surface area contributed by atoms with Gasteiger partial charge in [-0.3, -0.25) is 19.2 Å². The van der Waals surface area contributed by atoms with Gasteiger partial charge in [0.25, 0.3) is 11.8 Å². The van der Waals surface area contributed by atoms with E-state index < -0.39 is 0 Å². The second kappa shape index (κ2) is 3.10. The average molecular weight is 191 g/mol. The smallest absolute Gasteiger partial charge is 0.253 e. The van der Waals surface area contributed by atoms with Crippen molar-refractivity contribution in [2.24, 2.45) is 7.05 Å². The number of amides is 2. The highest BCUT2D eigenvalue weighted by Gasteiger charge is 2.23. The number of aromatic nitrogens is 2. The Morgan fingerprint density at radius 3 is 2.43 bits per heavy atom. The van der Waals surface area contributed by atoms with Gasteiger partial charge in [0.05, 0.1) is 12.2 Å². The maximum absolute atomic E-state index is 11.2. The second-order valence-electron chi connectivity index (χ2n) is 3.08. The molecule has 0 bridgehead atoms. The van der Waals surface area contributed by atoms with Crippen molar-refractivity contribution in [3.63, 3.8) is 0 Å². The Labute approximate surface area is 80.6 Å². The number of hydrogen-bond donors (Lipinski definition) is 0. The molecule has 1 aliphatic heterocycles. The first-order valence-corrected chi connectivity index (χ1v) is 4.19. The SMILES string of the molecule is Cn1ccc(CN2C(=O)C=CC2=O)n1. The normalized spacial score (nSPS) is 15.6. The quantitative estimate of drug-likeness (QED) is 0.610. The lowest BCUT2D eigenvalue weighted by atomic mass is 10.4. The average Bonchev–Trinajstić information content (AvgIpc) is 2.67. The minimum atomic E-state index is -0.277. The molecule has 2 amide bonds. The number of nitrogens with zero attached hydrogens (tertiary/aromatic N) is 3. The molecule has 0 aliphatic carbocycles. The molecule has 0 fully saturated rings. The van der Waals surface area contributed by atoms with Crippen LogP contribution in [0.2, 0.25) is 0 Å². The number of imide groups is 1. The van der Waals surface area contributed by atoms with Gasteiger partial charge in [-0.25, -0.2) is 0 Å². The molecule has 0 spiro atoms. The molecule has 2 rings (SSSR count). The van der Waals surface area contributed by atoms with Gasteiger partial charge in [0.1, 0.15) is 0 Å². The highest BCUT2D eigenvalue weighted by Crippen LogP contribution is 2.08. The molecule has 0 aromatic carbocycles. The molecule has 2 heterocycles. The maximum Gasteiger partial charge on any atom is 0.253 e. The third-order valence-corrected chi connectivity index (χ3v) is 1.99. The van der Waals surface area contributed by atoms with E-state index in [4.69, 9.17) is 0 Å². The highest BCUT2D eigenvalue weighted by atomic mass is 16.2. The summed E-state index contributed by atoms with van der Waals surface area (Å²) >= 11 is 0. The van der Waals surface area contributed by atoms with E-state index in [1.807, 2.05) is 0 Å². The molecule has 0 atom stereocenters. The van der Waals surface area contributed by atoms with E-state index >= 15 is 0 Å².